The summed E-state index contributed by atoms with van der Waals surface area (Å²) in [6.45, 7) is 4.14. The molecule has 0 spiro atoms. The molecule has 0 amide bonds. The van der Waals surface area contributed by atoms with E-state index in [4.69, 9.17) is 0 Å². The average Bonchev–Trinajstić information content (AvgIpc) is 2.53. The zero-order chi connectivity index (χ0) is 11.6. The quantitative estimate of drug-likeness (QED) is 0.711. The van der Waals surface area contributed by atoms with E-state index in [2.05, 4.69) is 61.6 Å². The molecule has 0 heterocycles. The Morgan fingerprint density at radius 3 is 2.13 bits per heavy atom. The van der Waals surface area contributed by atoms with E-state index < -0.39 is 11.4 Å². The Hall–Kier alpha value is 0.910. The molecule has 3 unspecified atom stereocenters. The number of hydrogen-bond acceptors (Lipinski definition) is 1. The number of carboxylic acid groups (broad SMARTS) is 1. The van der Waals surface area contributed by atoms with Gasteiger partial charge in [-0.15, -0.1) is 0 Å². The van der Waals surface area contributed by atoms with Crippen molar-refractivity contribution in [1.82, 2.24) is 0 Å². The third kappa shape index (κ3) is 0.998. The summed E-state index contributed by atoms with van der Waals surface area (Å²) in [5, 5.41) is 9.45. The Morgan fingerprint density at radius 2 is 1.93 bits per heavy atom. The maximum Gasteiger partial charge on any atom is 0.311 e. The second-order valence-electron chi connectivity index (χ2n) is 5.11. The van der Waals surface area contributed by atoms with Gasteiger partial charge in [-0.05, 0) is 18.3 Å². The SMILES string of the molecule is CC1(C)C2(C(=O)O)CCC1(C(Br)Br)C2Br. The fourth-order valence-corrected chi connectivity index (χ4v) is 8.57. The van der Waals surface area contributed by atoms with Gasteiger partial charge in [-0.25, -0.2) is 0 Å². The minimum absolute atomic E-state index is 0.00535. The Morgan fingerprint density at radius 1 is 1.40 bits per heavy atom. The van der Waals surface area contributed by atoms with Crippen molar-refractivity contribution in [3.05, 3.63) is 0 Å². The minimum Gasteiger partial charge on any atom is -0.481 e. The summed E-state index contributed by atoms with van der Waals surface area (Å²) in [5.74, 6) is -0.664. The molecular weight excluding hydrogens is 392 g/mol. The normalized spacial score (nSPS) is 46.7. The van der Waals surface area contributed by atoms with Gasteiger partial charge >= 0.3 is 5.97 Å². The van der Waals surface area contributed by atoms with E-state index in [1.54, 1.807) is 0 Å². The Balaban J connectivity index is 2.50. The van der Waals surface area contributed by atoms with Crippen molar-refractivity contribution in [3.8, 4) is 0 Å². The molecule has 0 aromatic carbocycles. The van der Waals surface area contributed by atoms with Gasteiger partial charge in [0.25, 0.3) is 0 Å². The molecule has 0 aromatic rings. The van der Waals surface area contributed by atoms with Crippen molar-refractivity contribution in [2.24, 2.45) is 16.2 Å². The smallest absolute Gasteiger partial charge is 0.311 e. The lowest BCUT2D eigenvalue weighted by Gasteiger charge is -2.65. The molecule has 2 nitrogen and oxygen atoms in total. The average molecular weight is 405 g/mol. The van der Waals surface area contributed by atoms with Gasteiger partial charge in [-0.2, -0.15) is 0 Å². The molecule has 1 N–H and O–H groups in total. The first-order valence-electron chi connectivity index (χ1n) is 4.91. The summed E-state index contributed by atoms with van der Waals surface area (Å²) in [6.07, 6.45) is 1.71. The number of aliphatic carboxylic acids is 1. The lowest BCUT2D eigenvalue weighted by molar-refractivity contribution is -0.179. The molecule has 3 fully saturated rings. The summed E-state index contributed by atoms with van der Waals surface area (Å²) in [4.78, 5) is 11.5. The highest BCUT2D eigenvalue weighted by Crippen LogP contribution is 2.82. The first-order chi connectivity index (χ1) is 6.75. The molecule has 2 bridgehead atoms. The summed E-state index contributed by atoms with van der Waals surface area (Å²) < 4.78 is 0.159. The van der Waals surface area contributed by atoms with Crippen LogP contribution in [0.3, 0.4) is 0 Å². The van der Waals surface area contributed by atoms with Gasteiger partial charge in [0.1, 0.15) is 0 Å². The monoisotopic (exact) mass is 402 g/mol. The third-order valence-electron chi connectivity index (χ3n) is 4.87. The van der Waals surface area contributed by atoms with Crippen LogP contribution < -0.4 is 0 Å². The number of fused-ring (bicyclic) bond motifs is 1. The van der Waals surface area contributed by atoms with Crippen molar-refractivity contribution in [2.75, 3.05) is 0 Å². The standard InChI is InChI=1S/C10H13Br3O2/c1-8(2)9(6(12)13)3-4-10(8,5(9)11)7(14)15/h5-6H,3-4H2,1-2H3,(H,14,15). The fourth-order valence-electron chi connectivity index (χ4n) is 3.67. The van der Waals surface area contributed by atoms with Crippen LogP contribution in [0.5, 0.6) is 0 Å². The first-order valence-corrected chi connectivity index (χ1v) is 7.65. The van der Waals surface area contributed by atoms with Crippen LogP contribution in [0.15, 0.2) is 0 Å². The lowest BCUT2D eigenvalue weighted by atomic mass is 9.43. The predicted molar refractivity (Wildman–Crippen MR) is 69.9 cm³/mol. The zero-order valence-electron chi connectivity index (χ0n) is 8.56. The van der Waals surface area contributed by atoms with E-state index in [9.17, 15) is 9.90 Å². The summed E-state index contributed by atoms with van der Waals surface area (Å²) in [7, 11) is 0. The Bertz CT molecular complexity index is 329. The van der Waals surface area contributed by atoms with Crippen molar-refractivity contribution >= 4 is 53.8 Å². The van der Waals surface area contributed by atoms with Gasteiger partial charge in [0, 0.05) is 10.2 Å². The largest absolute Gasteiger partial charge is 0.481 e. The highest BCUT2D eigenvalue weighted by Gasteiger charge is 2.83. The van der Waals surface area contributed by atoms with Gasteiger partial charge in [-0.1, -0.05) is 61.6 Å². The zero-order valence-corrected chi connectivity index (χ0v) is 13.3. The van der Waals surface area contributed by atoms with Crippen molar-refractivity contribution < 1.29 is 9.90 Å². The van der Waals surface area contributed by atoms with Crippen LogP contribution in [0.25, 0.3) is 0 Å². The molecule has 3 saturated carbocycles. The second kappa shape index (κ2) is 3.22. The summed E-state index contributed by atoms with van der Waals surface area (Å²) in [6, 6.07) is 0. The van der Waals surface area contributed by atoms with Crippen molar-refractivity contribution in [3.63, 3.8) is 0 Å². The van der Waals surface area contributed by atoms with Gasteiger partial charge in [-0.3, -0.25) is 4.79 Å². The molecule has 3 aliphatic rings. The van der Waals surface area contributed by atoms with Crippen LogP contribution in [-0.4, -0.2) is 19.6 Å². The number of carbonyl (C=O) groups is 1. The van der Waals surface area contributed by atoms with Gasteiger partial charge in [0.05, 0.1) is 9.15 Å². The van der Waals surface area contributed by atoms with Crippen LogP contribution in [0.2, 0.25) is 0 Å². The molecular formula is C10H13Br3O2. The van der Waals surface area contributed by atoms with Crippen LogP contribution in [0.1, 0.15) is 26.7 Å². The lowest BCUT2D eigenvalue weighted by Crippen LogP contribution is -2.70. The highest BCUT2D eigenvalue weighted by molar-refractivity contribution is 9.24. The van der Waals surface area contributed by atoms with E-state index in [1.165, 1.54) is 0 Å². The van der Waals surface area contributed by atoms with E-state index in [-0.39, 0.29) is 19.4 Å². The van der Waals surface area contributed by atoms with Crippen molar-refractivity contribution in [2.45, 2.75) is 35.3 Å². The number of carboxylic acids is 1. The van der Waals surface area contributed by atoms with Crippen molar-refractivity contribution in [1.29, 1.82) is 0 Å². The Kier molecular flexibility index (Phi) is 2.66. The Labute approximate surface area is 115 Å². The summed E-state index contributed by atoms with van der Waals surface area (Å²) in [5.41, 5.74) is -0.768. The number of halogens is 3. The molecule has 0 aromatic heterocycles. The molecule has 0 aliphatic heterocycles. The molecule has 3 rings (SSSR count). The number of alkyl halides is 3. The molecule has 0 saturated heterocycles. The highest BCUT2D eigenvalue weighted by atomic mass is 79.9. The van der Waals surface area contributed by atoms with Crippen LogP contribution in [0, 0.1) is 16.2 Å². The van der Waals surface area contributed by atoms with Gasteiger partial charge < -0.3 is 5.11 Å². The maximum absolute atomic E-state index is 11.5. The topological polar surface area (TPSA) is 37.3 Å². The van der Waals surface area contributed by atoms with Gasteiger partial charge in [0.2, 0.25) is 0 Å². The van der Waals surface area contributed by atoms with Crippen LogP contribution in [-0.2, 0) is 4.79 Å². The van der Waals surface area contributed by atoms with E-state index in [1.807, 2.05) is 0 Å². The second-order valence-corrected chi connectivity index (χ2v) is 9.08. The van der Waals surface area contributed by atoms with Gasteiger partial charge in [0.15, 0.2) is 0 Å². The van der Waals surface area contributed by atoms with Crippen LogP contribution >= 0.6 is 47.8 Å². The number of hydrogen-bond donors (Lipinski definition) is 1. The molecule has 3 atom stereocenters. The first kappa shape index (κ1) is 12.4. The third-order valence-corrected chi connectivity index (χ3v) is 8.10. The molecule has 86 valence electrons. The number of rotatable bonds is 2. The van der Waals surface area contributed by atoms with Crippen LogP contribution in [0.4, 0.5) is 0 Å². The molecule has 5 heteroatoms. The minimum atomic E-state index is -0.664. The van der Waals surface area contributed by atoms with E-state index in [0.29, 0.717) is 0 Å². The molecule has 3 aliphatic carbocycles. The molecule has 15 heavy (non-hydrogen) atoms. The maximum atomic E-state index is 11.5. The van der Waals surface area contributed by atoms with E-state index in [0.717, 1.165) is 12.8 Å². The fraction of sp³-hybridized carbons (Fsp3) is 0.900. The van der Waals surface area contributed by atoms with E-state index >= 15 is 0 Å². The molecule has 0 radical (unpaired) electrons. The predicted octanol–water partition coefficient (Wildman–Crippen LogP) is 3.76. The summed E-state index contributed by atoms with van der Waals surface area (Å²) >= 11 is 10.8.